The van der Waals surface area contributed by atoms with Gasteiger partial charge in [-0.05, 0) is 51.5 Å². The largest absolute Gasteiger partial charge is 0.465 e. The highest BCUT2D eigenvalue weighted by atomic mass is 35.5. The predicted molar refractivity (Wildman–Crippen MR) is 108 cm³/mol. The minimum atomic E-state index is -1.85. The first-order chi connectivity index (χ1) is 14.7. The zero-order valence-corrected chi connectivity index (χ0v) is 18.6. The highest BCUT2D eigenvalue weighted by molar-refractivity contribution is 6.30. The van der Waals surface area contributed by atoms with E-state index in [9.17, 15) is 23.6 Å². The molecular weight excluding hydrogens is 435 g/mol. The molecule has 0 heterocycles. The summed E-state index contributed by atoms with van der Waals surface area (Å²) in [4.78, 5) is 51.0. The zero-order valence-electron chi connectivity index (χ0n) is 17.8. The summed E-state index contributed by atoms with van der Waals surface area (Å²) in [5.41, 5.74) is -0.329. The van der Waals surface area contributed by atoms with Crippen LogP contribution in [0.2, 0.25) is 5.02 Å². The molecule has 0 aliphatic carbocycles. The molecule has 0 atom stereocenters. The lowest BCUT2D eigenvalue weighted by molar-refractivity contribution is -0.169. The molecule has 0 aliphatic rings. The first kappa shape index (κ1) is 26.4. The molecule has 0 saturated carbocycles. The summed E-state index contributed by atoms with van der Waals surface area (Å²) in [5.74, 6) is -10.7. The molecule has 0 saturated heterocycles. The van der Waals surface area contributed by atoms with Crippen molar-refractivity contribution in [3.05, 3.63) is 34.6 Å². The van der Waals surface area contributed by atoms with Crippen molar-refractivity contribution >= 4 is 35.5 Å². The lowest BCUT2D eigenvalue weighted by atomic mass is 9.76. The van der Waals surface area contributed by atoms with Gasteiger partial charge in [0.25, 0.3) is 0 Å². The van der Waals surface area contributed by atoms with E-state index in [1.165, 1.54) is 33.8 Å². The number of hydrogen-bond acceptors (Lipinski definition) is 8. The van der Waals surface area contributed by atoms with Crippen LogP contribution in [0.15, 0.2) is 18.2 Å². The van der Waals surface area contributed by atoms with Gasteiger partial charge in [-0.1, -0.05) is 11.6 Å². The maximum Gasteiger partial charge on any atom is 0.320 e. The molecular formula is C21H26ClFO8. The van der Waals surface area contributed by atoms with Gasteiger partial charge in [0.15, 0.2) is 11.8 Å². The number of rotatable bonds is 11. The van der Waals surface area contributed by atoms with Gasteiger partial charge in [-0.25, -0.2) is 4.39 Å². The Morgan fingerprint density at radius 3 is 1.45 bits per heavy atom. The third-order valence-electron chi connectivity index (χ3n) is 4.20. The van der Waals surface area contributed by atoms with Crippen LogP contribution in [-0.4, -0.2) is 50.3 Å². The van der Waals surface area contributed by atoms with Crippen LogP contribution in [0.25, 0.3) is 0 Å². The van der Waals surface area contributed by atoms with Crippen LogP contribution in [-0.2, 0) is 38.1 Å². The van der Waals surface area contributed by atoms with Crippen LogP contribution in [0, 0.1) is 17.7 Å². The average Bonchev–Trinajstić information content (AvgIpc) is 2.70. The highest BCUT2D eigenvalue weighted by Crippen LogP contribution is 2.38. The maximum atomic E-state index is 14.9. The summed E-state index contributed by atoms with van der Waals surface area (Å²) in [6.45, 7) is 5.58. The van der Waals surface area contributed by atoms with E-state index in [-0.39, 0.29) is 37.0 Å². The Bertz CT molecular complexity index is 722. The number of halogens is 2. The minimum absolute atomic E-state index is 0.0549. The summed E-state index contributed by atoms with van der Waals surface area (Å²) >= 11 is 6.00. The van der Waals surface area contributed by atoms with E-state index in [1.807, 2.05) is 0 Å². The second-order valence-corrected chi connectivity index (χ2v) is 6.59. The van der Waals surface area contributed by atoms with Gasteiger partial charge >= 0.3 is 23.9 Å². The van der Waals surface area contributed by atoms with E-state index in [1.54, 1.807) is 0 Å². The minimum Gasteiger partial charge on any atom is -0.465 e. The topological polar surface area (TPSA) is 105 Å². The van der Waals surface area contributed by atoms with Gasteiger partial charge < -0.3 is 18.9 Å². The standard InChI is InChI=1S/C21H26ClFO8/c1-5-28-18(24)16(19(25)29-6-2)15(13-11-12(22)9-10-14(13)23)17(20(26)30-7-3)21(27)31-8-4/h9-11,15-17H,5-8H2,1-4H3. The summed E-state index contributed by atoms with van der Waals surface area (Å²) in [7, 11) is 0. The number of esters is 4. The molecule has 0 aliphatic heterocycles. The molecule has 1 rings (SSSR count). The second kappa shape index (κ2) is 12.9. The van der Waals surface area contributed by atoms with Crippen molar-refractivity contribution in [2.24, 2.45) is 11.8 Å². The van der Waals surface area contributed by atoms with Gasteiger partial charge in [0.2, 0.25) is 0 Å². The molecule has 0 N–H and O–H groups in total. The predicted octanol–water partition coefficient (Wildman–Crippen LogP) is 3.05. The number of carbonyl (C=O) groups is 4. The van der Waals surface area contributed by atoms with Gasteiger partial charge in [0.1, 0.15) is 5.82 Å². The van der Waals surface area contributed by atoms with Crippen molar-refractivity contribution in [3.8, 4) is 0 Å². The van der Waals surface area contributed by atoms with E-state index >= 15 is 0 Å². The van der Waals surface area contributed by atoms with Crippen LogP contribution in [0.3, 0.4) is 0 Å². The molecule has 0 spiro atoms. The third kappa shape index (κ3) is 6.92. The lowest BCUT2D eigenvalue weighted by Crippen LogP contribution is -2.43. The summed E-state index contributed by atoms with van der Waals surface area (Å²) in [6, 6.07) is 3.36. The average molecular weight is 461 g/mol. The lowest BCUT2D eigenvalue weighted by Gasteiger charge is -2.29. The molecule has 1 aromatic carbocycles. The fourth-order valence-corrected chi connectivity index (χ4v) is 3.21. The Morgan fingerprint density at radius 1 is 0.774 bits per heavy atom. The molecule has 8 nitrogen and oxygen atoms in total. The van der Waals surface area contributed by atoms with E-state index in [0.717, 1.165) is 12.1 Å². The van der Waals surface area contributed by atoms with Crippen LogP contribution in [0.1, 0.15) is 39.2 Å². The van der Waals surface area contributed by atoms with Crippen molar-refractivity contribution in [2.75, 3.05) is 26.4 Å². The molecule has 0 bridgehead atoms. The van der Waals surface area contributed by atoms with Gasteiger partial charge in [-0.3, -0.25) is 19.2 Å². The molecule has 31 heavy (non-hydrogen) atoms. The van der Waals surface area contributed by atoms with Gasteiger partial charge in [0, 0.05) is 10.9 Å². The molecule has 0 unspecified atom stereocenters. The molecule has 0 aromatic heterocycles. The van der Waals surface area contributed by atoms with E-state index in [0.29, 0.717) is 0 Å². The Balaban J connectivity index is 3.82. The fourth-order valence-electron chi connectivity index (χ4n) is 3.03. The van der Waals surface area contributed by atoms with Crippen LogP contribution in [0.4, 0.5) is 4.39 Å². The Morgan fingerprint density at radius 2 is 1.13 bits per heavy atom. The van der Waals surface area contributed by atoms with Crippen molar-refractivity contribution in [2.45, 2.75) is 33.6 Å². The molecule has 172 valence electrons. The van der Waals surface area contributed by atoms with Gasteiger partial charge in [-0.15, -0.1) is 0 Å². The molecule has 10 heteroatoms. The SMILES string of the molecule is CCOC(=O)C(C(=O)OCC)C(c1cc(Cl)ccc1F)C(C(=O)OCC)C(=O)OCC. The number of benzene rings is 1. The number of ether oxygens (including phenoxy) is 4. The van der Waals surface area contributed by atoms with Crippen molar-refractivity contribution in [1.29, 1.82) is 0 Å². The maximum absolute atomic E-state index is 14.9. The first-order valence-electron chi connectivity index (χ1n) is 9.84. The quantitative estimate of drug-likeness (QED) is 0.282. The van der Waals surface area contributed by atoms with Gasteiger partial charge in [-0.2, -0.15) is 0 Å². The summed E-state index contributed by atoms with van der Waals surface area (Å²) in [6.07, 6.45) is 0. The smallest absolute Gasteiger partial charge is 0.320 e. The summed E-state index contributed by atoms with van der Waals surface area (Å²) in [5, 5.41) is 0.0549. The van der Waals surface area contributed by atoms with E-state index in [2.05, 4.69) is 0 Å². The number of carbonyl (C=O) groups excluding carboxylic acids is 4. The fraction of sp³-hybridized carbons (Fsp3) is 0.524. The Hall–Kier alpha value is -2.68. The third-order valence-corrected chi connectivity index (χ3v) is 4.43. The number of hydrogen-bond donors (Lipinski definition) is 0. The van der Waals surface area contributed by atoms with Crippen LogP contribution >= 0.6 is 11.6 Å². The van der Waals surface area contributed by atoms with Crippen LogP contribution < -0.4 is 0 Å². The molecule has 0 fully saturated rings. The second-order valence-electron chi connectivity index (χ2n) is 6.16. The first-order valence-corrected chi connectivity index (χ1v) is 10.2. The van der Waals surface area contributed by atoms with Crippen LogP contribution in [0.5, 0.6) is 0 Å². The molecule has 0 radical (unpaired) electrons. The Labute approximate surface area is 184 Å². The highest BCUT2D eigenvalue weighted by Gasteiger charge is 2.50. The van der Waals surface area contributed by atoms with Crippen molar-refractivity contribution in [3.63, 3.8) is 0 Å². The molecule has 0 amide bonds. The monoisotopic (exact) mass is 460 g/mol. The zero-order chi connectivity index (χ0) is 23.6. The van der Waals surface area contributed by atoms with Crippen molar-refractivity contribution in [1.82, 2.24) is 0 Å². The molecule has 1 aromatic rings. The van der Waals surface area contributed by atoms with Crippen molar-refractivity contribution < 1.29 is 42.5 Å². The van der Waals surface area contributed by atoms with E-state index in [4.69, 9.17) is 30.5 Å². The van der Waals surface area contributed by atoms with E-state index < -0.39 is 47.4 Å². The van der Waals surface area contributed by atoms with Gasteiger partial charge in [0.05, 0.1) is 26.4 Å². The Kier molecular flexibility index (Phi) is 11.0. The summed E-state index contributed by atoms with van der Waals surface area (Å²) < 4.78 is 34.8. The normalized spacial score (nSPS) is 10.9.